The molecule has 5 nitrogen and oxygen atoms in total. The van der Waals surface area contributed by atoms with Crippen molar-refractivity contribution in [1.82, 2.24) is 5.16 Å². The van der Waals surface area contributed by atoms with Crippen LogP contribution in [0.1, 0.15) is 35.8 Å². The maximum Gasteiger partial charge on any atom is 0.236 e. The molecule has 0 spiro atoms. The Labute approximate surface area is 148 Å². The lowest BCUT2D eigenvalue weighted by Crippen LogP contribution is -2.28. The normalized spacial score (nSPS) is 14.9. The molecule has 6 heteroatoms. The summed E-state index contributed by atoms with van der Waals surface area (Å²) in [4.78, 5) is 25.1. The van der Waals surface area contributed by atoms with E-state index >= 15 is 0 Å². The minimum absolute atomic E-state index is 0.000225. The van der Waals surface area contributed by atoms with Gasteiger partial charge in [-0.2, -0.15) is 0 Å². The van der Waals surface area contributed by atoms with Crippen LogP contribution in [0, 0.1) is 0 Å². The molecule has 1 N–H and O–H groups in total. The maximum atomic E-state index is 12.8. The zero-order valence-corrected chi connectivity index (χ0v) is 14.4. The Hall–Kier alpha value is -2.73. The summed E-state index contributed by atoms with van der Waals surface area (Å²) in [7, 11) is 0. The van der Waals surface area contributed by atoms with Crippen molar-refractivity contribution in [2.75, 3.05) is 5.32 Å². The summed E-state index contributed by atoms with van der Waals surface area (Å²) in [6.45, 7) is 1.52. The molecule has 4 rings (SSSR count). The van der Waals surface area contributed by atoms with E-state index in [0.717, 1.165) is 17.7 Å². The molecule has 3 aromatic rings. The van der Waals surface area contributed by atoms with Crippen molar-refractivity contribution in [2.45, 2.75) is 25.2 Å². The molecule has 0 radical (unpaired) electrons. The molecule has 1 fully saturated rings. The molecule has 1 aliphatic carbocycles. The lowest BCUT2D eigenvalue weighted by Gasteiger charge is -2.12. The first-order valence-corrected chi connectivity index (χ1v) is 8.90. The second kappa shape index (κ2) is 5.97. The highest BCUT2D eigenvalue weighted by molar-refractivity contribution is 7.13. The van der Waals surface area contributed by atoms with E-state index in [0.29, 0.717) is 22.7 Å². The SMILES string of the molecule is CC(=O)c1ccc(NC(=O)C2(c3cc(-c4cccs4)on3)CC2)cc1. The molecule has 0 atom stereocenters. The first-order chi connectivity index (χ1) is 12.1. The van der Waals surface area contributed by atoms with E-state index in [1.54, 1.807) is 35.6 Å². The minimum Gasteiger partial charge on any atom is -0.355 e. The van der Waals surface area contributed by atoms with Gasteiger partial charge in [0.2, 0.25) is 5.91 Å². The Balaban J connectivity index is 1.52. The number of benzene rings is 1. The Kier molecular flexibility index (Phi) is 3.77. The van der Waals surface area contributed by atoms with E-state index in [1.165, 1.54) is 6.92 Å². The number of amides is 1. The molecule has 0 aliphatic heterocycles. The molecule has 0 saturated heterocycles. The van der Waals surface area contributed by atoms with Crippen LogP contribution in [-0.4, -0.2) is 16.8 Å². The zero-order chi connectivity index (χ0) is 17.4. The van der Waals surface area contributed by atoms with Crippen molar-refractivity contribution >= 4 is 28.7 Å². The van der Waals surface area contributed by atoms with Gasteiger partial charge in [0.15, 0.2) is 11.5 Å². The number of hydrogen-bond acceptors (Lipinski definition) is 5. The number of rotatable bonds is 5. The number of nitrogens with zero attached hydrogens (tertiary/aromatic N) is 1. The van der Waals surface area contributed by atoms with Crippen molar-refractivity contribution in [1.29, 1.82) is 0 Å². The third kappa shape index (κ3) is 2.89. The van der Waals surface area contributed by atoms with Gasteiger partial charge < -0.3 is 9.84 Å². The van der Waals surface area contributed by atoms with Gasteiger partial charge in [-0.3, -0.25) is 9.59 Å². The lowest BCUT2D eigenvalue weighted by molar-refractivity contribution is -0.118. The Morgan fingerprint density at radius 3 is 2.56 bits per heavy atom. The Morgan fingerprint density at radius 1 is 1.20 bits per heavy atom. The summed E-state index contributed by atoms with van der Waals surface area (Å²) in [5, 5.41) is 9.03. The molecule has 1 amide bonds. The monoisotopic (exact) mass is 352 g/mol. The van der Waals surface area contributed by atoms with Gasteiger partial charge in [-0.1, -0.05) is 11.2 Å². The molecule has 0 bridgehead atoms. The molecule has 1 aliphatic rings. The van der Waals surface area contributed by atoms with E-state index in [1.807, 2.05) is 23.6 Å². The number of carbonyl (C=O) groups is 2. The predicted octanol–water partition coefficient (Wildman–Crippen LogP) is 4.28. The van der Waals surface area contributed by atoms with Crippen LogP contribution in [0.2, 0.25) is 0 Å². The van der Waals surface area contributed by atoms with Crippen LogP contribution in [0.4, 0.5) is 5.69 Å². The van der Waals surface area contributed by atoms with Gasteiger partial charge in [-0.25, -0.2) is 0 Å². The van der Waals surface area contributed by atoms with Gasteiger partial charge in [-0.15, -0.1) is 11.3 Å². The third-order valence-electron chi connectivity index (χ3n) is 4.50. The number of anilines is 1. The van der Waals surface area contributed by atoms with Gasteiger partial charge in [0, 0.05) is 17.3 Å². The molecule has 2 heterocycles. The molecule has 25 heavy (non-hydrogen) atoms. The molecule has 0 unspecified atom stereocenters. The van der Waals surface area contributed by atoms with E-state index in [-0.39, 0.29) is 11.7 Å². The average molecular weight is 352 g/mol. The Bertz CT molecular complexity index is 922. The fraction of sp³-hybridized carbons (Fsp3) is 0.211. The van der Waals surface area contributed by atoms with Crippen molar-refractivity contribution in [3.8, 4) is 10.6 Å². The van der Waals surface area contributed by atoms with Crippen LogP contribution in [0.3, 0.4) is 0 Å². The van der Waals surface area contributed by atoms with E-state index in [4.69, 9.17) is 4.52 Å². The van der Waals surface area contributed by atoms with Crippen LogP contribution in [0.25, 0.3) is 10.6 Å². The van der Waals surface area contributed by atoms with Crippen LogP contribution < -0.4 is 5.32 Å². The molecule has 1 saturated carbocycles. The summed E-state index contributed by atoms with van der Waals surface area (Å²) < 4.78 is 5.42. The van der Waals surface area contributed by atoms with Crippen molar-refractivity contribution in [3.05, 3.63) is 59.1 Å². The number of aromatic nitrogens is 1. The van der Waals surface area contributed by atoms with E-state index in [9.17, 15) is 9.59 Å². The third-order valence-corrected chi connectivity index (χ3v) is 5.38. The molecule has 126 valence electrons. The van der Waals surface area contributed by atoms with Crippen LogP contribution in [0.15, 0.2) is 52.4 Å². The number of Topliss-reactive ketones (excluding diaryl/α,β-unsaturated/α-hetero) is 1. The minimum atomic E-state index is -0.613. The number of carbonyl (C=O) groups excluding carboxylic acids is 2. The Morgan fingerprint density at radius 2 is 1.96 bits per heavy atom. The number of thiophene rings is 1. The summed E-state index contributed by atoms with van der Waals surface area (Å²) in [5.41, 5.74) is 1.35. The predicted molar refractivity (Wildman–Crippen MR) is 95.8 cm³/mol. The summed E-state index contributed by atoms with van der Waals surface area (Å²) in [6, 6.07) is 12.7. The fourth-order valence-corrected chi connectivity index (χ4v) is 3.47. The molecular formula is C19H16N2O3S. The summed E-state index contributed by atoms with van der Waals surface area (Å²) in [6.07, 6.45) is 1.50. The summed E-state index contributed by atoms with van der Waals surface area (Å²) >= 11 is 1.57. The average Bonchev–Trinajstić information content (AvgIpc) is 3.02. The van der Waals surface area contributed by atoms with Crippen molar-refractivity contribution in [3.63, 3.8) is 0 Å². The highest BCUT2D eigenvalue weighted by atomic mass is 32.1. The highest BCUT2D eigenvalue weighted by Crippen LogP contribution is 2.49. The smallest absolute Gasteiger partial charge is 0.236 e. The lowest BCUT2D eigenvalue weighted by atomic mass is 10.0. The first kappa shape index (κ1) is 15.8. The maximum absolute atomic E-state index is 12.8. The zero-order valence-electron chi connectivity index (χ0n) is 13.6. The van der Waals surface area contributed by atoms with Gasteiger partial charge in [0.25, 0.3) is 0 Å². The van der Waals surface area contributed by atoms with Gasteiger partial charge >= 0.3 is 0 Å². The molecule has 2 aromatic heterocycles. The van der Waals surface area contributed by atoms with Gasteiger partial charge in [0.1, 0.15) is 0 Å². The van der Waals surface area contributed by atoms with Gasteiger partial charge in [0.05, 0.1) is 16.0 Å². The number of hydrogen-bond donors (Lipinski definition) is 1. The highest BCUT2D eigenvalue weighted by Gasteiger charge is 2.53. The second-order valence-electron chi connectivity index (χ2n) is 6.22. The quantitative estimate of drug-likeness (QED) is 0.696. The first-order valence-electron chi connectivity index (χ1n) is 8.02. The largest absolute Gasteiger partial charge is 0.355 e. The van der Waals surface area contributed by atoms with Crippen molar-refractivity contribution < 1.29 is 14.1 Å². The van der Waals surface area contributed by atoms with Crippen molar-refractivity contribution in [2.24, 2.45) is 0 Å². The second-order valence-corrected chi connectivity index (χ2v) is 7.17. The van der Waals surface area contributed by atoms with Crippen LogP contribution in [0.5, 0.6) is 0 Å². The number of ketones is 1. The van der Waals surface area contributed by atoms with E-state index in [2.05, 4.69) is 10.5 Å². The van der Waals surface area contributed by atoms with E-state index < -0.39 is 5.41 Å². The topological polar surface area (TPSA) is 72.2 Å². The molecular weight excluding hydrogens is 336 g/mol. The van der Waals surface area contributed by atoms with Crippen LogP contribution in [-0.2, 0) is 10.2 Å². The fourth-order valence-electron chi connectivity index (χ4n) is 2.80. The van der Waals surface area contributed by atoms with Crippen LogP contribution >= 0.6 is 11.3 Å². The number of nitrogens with one attached hydrogen (secondary N) is 1. The van der Waals surface area contributed by atoms with Gasteiger partial charge in [-0.05, 0) is 55.5 Å². The molecule has 1 aromatic carbocycles. The summed E-state index contributed by atoms with van der Waals surface area (Å²) in [5.74, 6) is 0.601. The standard InChI is InChI=1S/C19H16N2O3S/c1-12(22)13-4-6-14(7-5-13)20-18(23)19(8-9-19)17-11-15(24-21-17)16-3-2-10-25-16/h2-7,10-11H,8-9H2,1H3,(H,20,23).